The van der Waals surface area contributed by atoms with Crippen molar-refractivity contribution in [3.63, 3.8) is 0 Å². The Labute approximate surface area is 359 Å². The average molecular weight is 830 g/mol. The van der Waals surface area contributed by atoms with Gasteiger partial charge in [-0.1, -0.05) is 177 Å². The molecule has 0 aliphatic carbocycles. The number of aliphatic hydroxyl groups is 5. The number of carbonyl (C=O) groups excluding carboxylic acids is 1. The van der Waals surface area contributed by atoms with Gasteiger partial charge in [0.25, 0.3) is 0 Å². The highest BCUT2D eigenvalue weighted by Crippen LogP contribution is 2.22. The Hall–Kier alpha value is -2.37. The highest BCUT2D eigenvalue weighted by molar-refractivity contribution is 5.76. The Morgan fingerprint density at radius 2 is 1.07 bits per heavy atom. The van der Waals surface area contributed by atoms with Gasteiger partial charge in [0.05, 0.1) is 25.4 Å². The zero-order chi connectivity index (χ0) is 43.0. The minimum atomic E-state index is -1.58. The van der Waals surface area contributed by atoms with Crippen molar-refractivity contribution in [1.29, 1.82) is 0 Å². The molecule has 9 heteroatoms. The summed E-state index contributed by atoms with van der Waals surface area (Å²) in [6, 6.07) is -0.832. The van der Waals surface area contributed by atoms with E-state index in [9.17, 15) is 30.3 Å². The van der Waals surface area contributed by atoms with Crippen LogP contribution in [0, 0.1) is 0 Å². The van der Waals surface area contributed by atoms with Crippen LogP contribution in [0.3, 0.4) is 0 Å². The van der Waals surface area contributed by atoms with Crippen LogP contribution in [-0.2, 0) is 14.3 Å². The van der Waals surface area contributed by atoms with E-state index in [1.165, 1.54) is 70.6 Å². The van der Waals surface area contributed by atoms with E-state index >= 15 is 0 Å². The standard InChI is InChI=1S/C50H87NO8/c1-3-5-7-9-11-13-15-17-19-21-22-24-26-28-30-32-34-36-38-40-46(54)51-43(42-58-50-49(57)48(56)47(55)45(41-52)59-50)44(53)39-37-35-33-31-29-27-25-23-20-18-16-14-12-10-8-6-4-2/h5,7,11,13,17,19,22,24,29,31,37,39,43-45,47-50,52-53,55-57H,3-4,6,8-10,12,14-16,18,20-21,23,25-28,30,32-36,38,40-42H2,1-2H3,(H,51,54)/b7-5-,13-11-,19-17-,24-22-,31-29+,39-37+. The summed E-state index contributed by atoms with van der Waals surface area (Å²) in [5.74, 6) is -0.204. The van der Waals surface area contributed by atoms with Crippen LogP contribution in [0.15, 0.2) is 72.9 Å². The molecule has 1 heterocycles. The Morgan fingerprint density at radius 3 is 1.63 bits per heavy atom. The lowest BCUT2D eigenvalue weighted by Crippen LogP contribution is -2.60. The number of hydrogen-bond acceptors (Lipinski definition) is 8. The maximum Gasteiger partial charge on any atom is 0.220 e. The molecule has 340 valence electrons. The lowest BCUT2D eigenvalue weighted by Gasteiger charge is -2.40. The van der Waals surface area contributed by atoms with Crippen LogP contribution < -0.4 is 5.32 Å². The topological polar surface area (TPSA) is 149 Å². The summed E-state index contributed by atoms with van der Waals surface area (Å²) in [6.07, 6.45) is 46.5. The number of unbranched alkanes of at least 4 members (excludes halogenated alkanes) is 18. The van der Waals surface area contributed by atoms with Gasteiger partial charge in [0, 0.05) is 6.42 Å². The molecule has 0 spiro atoms. The third-order valence-corrected chi connectivity index (χ3v) is 10.8. The molecule has 0 aromatic carbocycles. The molecular weight excluding hydrogens is 743 g/mol. The number of ether oxygens (including phenoxy) is 2. The molecule has 1 saturated heterocycles. The quantitative estimate of drug-likeness (QED) is 0.0266. The number of allylic oxidation sites excluding steroid dienone is 11. The van der Waals surface area contributed by atoms with Gasteiger partial charge >= 0.3 is 0 Å². The molecule has 0 bridgehead atoms. The first kappa shape index (κ1) is 54.6. The van der Waals surface area contributed by atoms with Crippen molar-refractivity contribution in [2.24, 2.45) is 0 Å². The van der Waals surface area contributed by atoms with E-state index in [2.05, 4.69) is 79.9 Å². The normalized spacial score (nSPS) is 21.4. The zero-order valence-corrected chi connectivity index (χ0v) is 37.2. The van der Waals surface area contributed by atoms with Gasteiger partial charge in [-0.3, -0.25) is 4.79 Å². The summed E-state index contributed by atoms with van der Waals surface area (Å²) in [7, 11) is 0. The predicted octanol–water partition coefficient (Wildman–Crippen LogP) is 10.2. The van der Waals surface area contributed by atoms with Gasteiger partial charge in [-0.2, -0.15) is 0 Å². The third kappa shape index (κ3) is 30.3. The largest absolute Gasteiger partial charge is 0.394 e. The molecule has 0 radical (unpaired) electrons. The Morgan fingerprint density at radius 1 is 0.593 bits per heavy atom. The second-order valence-corrected chi connectivity index (χ2v) is 16.2. The van der Waals surface area contributed by atoms with Crippen LogP contribution in [0.25, 0.3) is 0 Å². The van der Waals surface area contributed by atoms with Crippen LogP contribution in [-0.4, -0.2) is 87.5 Å². The smallest absolute Gasteiger partial charge is 0.220 e. The molecule has 1 aliphatic heterocycles. The Balaban J connectivity index is 2.39. The molecule has 1 amide bonds. The van der Waals surface area contributed by atoms with Gasteiger partial charge in [0.2, 0.25) is 5.91 Å². The third-order valence-electron chi connectivity index (χ3n) is 10.8. The molecule has 1 aliphatic rings. The molecule has 0 saturated carbocycles. The summed E-state index contributed by atoms with van der Waals surface area (Å²) in [5.41, 5.74) is 0. The number of hydrogen-bond donors (Lipinski definition) is 6. The molecule has 7 unspecified atom stereocenters. The van der Waals surface area contributed by atoms with Crippen molar-refractivity contribution in [2.75, 3.05) is 13.2 Å². The van der Waals surface area contributed by atoms with Crippen molar-refractivity contribution in [2.45, 2.75) is 224 Å². The summed E-state index contributed by atoms with van der Waals surface area (Å²) >= 11 is 0. The van der Waals surface area contributed by atoms with E-state index in [0.717, 1.165) is 89.9 Å². The maximum absolute atomic E-state index is 13.0. The molecule has 6 N–H and O–H groups in total. The van der Waals surface area contributed by atoms with Gasteiger partial charge in [-0.15, -0.1) is 0 Å². The fourth-order valence-corrected chi connectivity index (χ4v) is 6.98. The van der Waals surface area contributed by atoms with E-state index in [-0.39, 0.29) is 12.5 Å². The number of nitrogens with one attached hydrogen (secondary N) is 1. The summed E-state index contributed by atoms with van der Waals surface area (Å²) in [5, 5.41) is 54.2. The minimum Gasteiger partial charge on any atom is -0.394 e. The number of carbonyl (C=O) groups is 1. The molecular formula is C50H87NO8. The molecule has 59 heavy (non-hydrogen) atoms. The van der Waals surface area contributed by atoms with Crippen LogP contribution in [0.5, 0.6) is 0 Å². The number of aliphatic hydroxyl groups excluding tert-OH is 5. The van der Waals surface area contributed by atoms with Crippen molar-refractivity contribution in [3.05, 3.63) is 72.9 Å². The van der Waals surface area contributed by atoms with Gasteiger partial charge in [-0.05, 0) is 70.6 Å². The zero-order valence-electron chi connectivity index (χ0n) is 37.2. The molecule has 0 aromatic rings. The molecule has 1 fully saturated rings. The molecule has 7 atom stereocenters. The van der Waals surface area contributed by atoms with Crippen molar-refractivity contribution in [3.8, 4) is 0 Å². The van der Waals surface area contributed by atoms with Gasteiger partial charge in [-0.25, -0.2) is 0 Å². The monoisotopic (exact) mass is 830 g/mol. The van der Waals surface area contributed by atoms with Crippen molar-refractivity contribution < 1.29 is 39.8 Å². The van der Waals surface area contributed by atoms with E-state index in [1.807, 2.05) is 6.08 Å². The average Bonchev–Trinajstić information content (AvgIpc) is 3.23. The first-order valence-corrected chi connectivity index (χ1v) is 23.7. The highest BCUT2D eigenvalue weighted by Gasteiger charge is 2.44. The SMILES string of the molecule is CC/C=C\C/C=C\C/C=C\C/C=C\CCCCCCCCC(=O)NC(COC1OC(CO)C(O)C(O)C1O)C(O)/C=C/CC/C=C/CCCCCCCCCCCCC. The molecule has 1 rings (SSSR count). The van der Waals surface area contributed by atoms with Crippen LogP contribution in [0.2, 0.25) is 0 Å². The minimum absolute atomic E-state index is 0.204. The van der Waals surface area contributed by atoms with E-state index in [4.69, 9.17) is 9.47 Å². The van der Waals surface area contributed by atoms with E-state index < -0.39 is 49.5 Å². The number of amides is 1. The Kier molecular flexibility index (Phi) is 36.8. The fourth-order valence-electron chi connectivity index (χ4n) is 6.98. The molecule has 0 aromatic heterocycles. The molecule has 9 nitrogen and oxygen atoms in total. The Bertz CT molecular complexity index is 1150. The van der Waals surface area contributed by atoms with Crippen LogP contribution in [0.1, 0.15) is 181 Å². The summed E-state index contributed by atoms with van der Waals surface area (Å²) in [6.45, 7) is 3.62. The first-order valence-electron chi connectivity index (χ1n) is 23.7. The summed E-state index contributed by atoms with van der Waals surface area (Å²) < 4.78 is 11.2. The second-order valence-electron chi connectivity index (χ2n) is 16.2. The summed E-state index contributed by atoms with van der Waals surface area (Å²) in [4.78, 5) is 13.0. The van der Waals surface area contributed by atoms with Gasteiger partial charge in [0.1, 0.15) is 24.4 Å². The van der Waals surface area contributed by atoms with Gasteiger partial charge in [0.15, 0.2) is 6.29 Å². The van der Waals surface area contributed by atoms with Crippen molar-refractivity contribution in [1.82, 2.24) is 5.32 Å². The van der Waals surface area contributed by atoms with E-state index in [1.54, 1.807) is 6.08 Å². The van der Waals surface area contributed by atoms with Crippen molar-refractivity contribution >= 4 is 5.91 Å². The second kappa shape index (κ2) is 39.7. The number of rotatable bonds is 38. The lowest BCUT2D eigenvalue weighted by atomic mass is 9.99. The fraction of sp³-hybridized carbons (Fsp3) is 0.740. The van der Waals surface area contributed by atoms with Crippen LogP contribution >= 0.6 is 0 Å². The van der Waals surface area contributed by atoms with E-state index in [0.29, 0.717) is 6.42 Å². The highest BCUT2D eigenvalue weighted by atomic mass is 16.7. The predicted molar refractivity (Wildman–Crippen MR) is 244 cm³/mol. The van der Waals surface area contributed by atoms with Gasteiger partial charge < -0.3 is 40.3 Å². The first-order chi connectivity index (χ1) is 28.8. The van der Waals surface area contributed by atoms with Crippen LogP contribution in [0.4, 0.5) is 0 Å². The maximum atomic E-state index is 13.0. The lowest BCUT2D eigenvalue weighted by molar-refractivity contribution is -0.302.